The number of nitrogens with zero attached hydrogens (tertiary/aromatic N) is 3. The van der Waals surface area contributed by atoms with E-state index in [9.17, 15) is 9.59 Å². The summed E-state index contributed by atoms with van der Waals surface area (Å²) in [6.07, 6.45) is 2.29. The lowest BCUT2D eigenvalue weighted by Gasteiger charge is -2.33. The second-order valence-corrected chi connectivity index (χ2v) is 10.1. The van der Waals surface area contributed by atoms with Gasteiger partial charge >= 0.3 is 6.03 Å². The summed E-state index contributed by atoms with van der Waals surface area (Å²) in [7, 11) is 1.58. The number of para-hydroxylation sites is 3. The van der Waals surface area contributed by atoms with E-state index < -0.39 is 6.04 Å². The summed E-state index contributed by atoms with van der Waals surface area (Å²) in [6.45, 7) is 8.90. The minimum absolute atomic E-state index is 0.146. The van der Waals surface area contributed by atoms with Gasteiger partial charge < -0.3 is 15.0 Å². The van der Waals surface area contributed by atoms with Crippen molar-refractivity contribution in [3.05, 3.63) is 94.5 Å². The number of aromatic nitrogens is 2. The first-order chi connectivity index (χ1) is 18.9. The molecule has 0 aliphatic carbocycles. The molecule has 7 nitrogen and oxygen atoms in total. The zero-order valence-corrected chi connectivity index (χ0v) is 23.5. The molecule has 1 atom stereocenters. The van der Waals surface area contributed by atoms with Crippen molar-refractivity contribution in [1.29, 1.82) is 0 Å². The zero-order chi connectivity index (χ0) is 27.9. The number of amides is 2. The highest BCUT2D eigenvalue weighted by Crippen LogP contribution is 2.29. The van der Waals surface area contributed by atoms with Gasteiger partial charge in [0.1, 0.15) is 11.6 Å². The minimum Gasteiger partial charge on any atom is -0.495 e. The number of nitrogens with one attached hydrogen (secondary N) is 1. The average Bonchev–Trinajstić information content (AvgIpc) is 2.95. The Balaban J connectivity index is 1.87. The molecule has 0 saturated heterocycles. The molecule has 3 aromatic carbocycles. The van der Waals surface area contributed by atoms with Gasteiger partial charge in [-0.2, -0.15) is 0 Å². The van der Waals surface area contributed by atoms with Crippen molar-refractivity contribution < 1.29 is 9.53 Å². The van der Waals surface area contributed by atoms with Gasteiger partial charge in [-0.3, -0.25) is 9.36 Å². The number of aryl methyl sites for hydroxylation is 1. The molecule has 7 heteroatoms. The van der Waals surface area contributed by atoms with Crippen LogP contribution in [0.1, 0.15) is 58.0 Å². The van der Waals surface area contributed by atoms with Crippen molar-refractivity contribution in [2.45, 2.75) is 53.0 Å². The summed E-state index contributed by atoms with van der Waals surface area (Å²) >= 11 is 0. The van der Waals surface area contributed by atoms with Crippen molar-refractivity contribution in [2.24, 2.45) is 5.92 Å². The first-order valence-corrected chi connectivity index (χ1v) is 13.7. The van der Waals surface area contributed by atoms with Gasteiger partial charge in [0.05, 0.1) is 35.4 Å². The first kappa shape index (κ1) is 27.9. The molecule has 0 saturated carbocycles. The molecule has 0 spiro atoms. The predicted octanol–water partition coefficient (Wildman–Crippen LogP) is 6.99. The fraction of sp³-hybridized carbons (Fsp3) is 0.344. The lowest BCUT2D eigenvalue weighted by atomic mass is 10.1. The number of hydrogen-bond acceptors (Lipinski definition) is 4. The van der Waals surface area contributed by atoms with Crippen LogP contribution in [0.3, 0.4) is 0 Å². The number of benzene rings is 3. The van der Waals surface area contributed by atoms with Gasteiger partial charge in [-0.15, -0.1) is 0 Å². The monoisotopic (exact) mass is 526 g/mol. The van der Waals surface area contributed by atoms with E-state index in [2.05, 4.69) is 26.1 Å². The van der Waals surface area contributed by atoms with Crippen molar-refractivity contribution in [2.75, 3.05) is 19.0 Å². The van der Waals surface area contributed by atoms with Gasteiger partial charge in [-0.25, -0.2) is 9.78 Å². The van der Waals surface area contributed by atoms with Crippen molar-refractivity contribution in [1.82, 2.24) is 14.5 Å². The number of urea groups is 1. The van der Waals surface area contributed by atoms with E-state index in [1.165, 1.54) is 5.56 Å². The van der Waals surface area contributed by atoms with Gasteiger partial charge in [-0.1, -0.05) is 64.1 Å². The number of hydrogen-bond donors (Lipinski definition) is 1. The molecule has 1 unspecified atom stereocenters. The quantitative estimate of drug-likeness (QED) is 0.242. The molecule has 0 radical (unpaired) electrons. The third kappa shape index (κ3) is 6.14. The Kier molecular flexibility index (Phi) is 9.02. The smallest absolute Gasteiger partial charge is 0.322 e. The van der Waals surface area contributed by atoms with E-state index in [1.54, 1.807) is 22.6 Å². The van der Waals surface area contributed by atoms with Gasteiger partial charge in [0.25, 0.3) is 5.56 Å². The molecular weight excluding hydrogens is 488 g/mol. The fourth-order valence-corrected chi connectivity index (χ4v) is 4.78. The highest BCUT2D eigenvalue weighted by atomic mass is 16.5. The molecule has 0 aliphatic rings. The molecule has 1 N–H and O–H groups in total. The molecule has 2 amide bonds. The molecular formula is C32H38N4O3. The Morgan fingerprint density at radius 2 is 1.69 bits per heavy atom. The number of rotatable bonds is 10. The van der Waals surface area contributed by atoms with Crippen LogP contribution in [0.25, 0.3) is 16.6 Å². The summed E-state index contributed by atoms with van der Waals surface area (Å²) in [5.74, 6) is 1.52. The Morgan fingerprint density at radius 3 is 2.36 bits per heavy atom. The third-order valence-corrected chi connectivity index (χ3v) is 7.02. The minimum atomic E-state index is -0.443. The van der Waals surface area contributed by atoms with Gasteiger partial charge in [0, 0.05) is 6.54 Å². The summed E-state index contributed by atoms with van der Waals surface area (Å²) < 4.78 is 7.14. The second kappa shape index (κ2) is 12.6. The Labute approximate surface area is 230 Å². The molecule has 204 valence electrons. The van der Waals surface area contributed by atoms with Gasteiger partial charge in [-0.05, 0) is 67.1 Å². The topological polar surface area (TPSA) is 76.5 Å². The largest absolute Gasteiger partial charge is 0.495 e. The van der Waals surface area contributed by atoms with Crippen LogP contribution in [0.15, 0.2) is 77.6 Å². The number of ether oxygens (including phenoxy) is 1. The summed E-state index contributed by atoms with van der Waals surface area (Å²) in [4.78, 5) is 34.7. The fourth-order valence-electron chi connectivity index (χ4n) is 4.78. The predicted molar refractivity (Wildman–Crippen MR) is 158 cm³/mol. The number of methoxy groups -OCH3 is 1. The lowest BCUT2D eigenvalue weighted by molar-refractivity contribution is 0.176. The number of fused-ring (bicyclic) bond motifs is 1. The van der Waals surface area contributed by atoms with E-state index in [0.717, 1.165) is 18.5 Å². The molecule has 39 heavy (non-hydrogen) atoms. The van der Waals surface area contributed by atoms with Crippen LogP contribution in [0, 0.1) is 5.92 Å². The Morgan fingerprint density at radius 1 is 1.00 bits per heavy atom. The zero-order valence-electron chi connectivity index (χ0n) is 23.5. The SMILES string of the molecule is CCc1ccc(-n2c(C(CC)N(CCC(C)C)C(=O)Nc3ccccc3OC)nc3ccccc3c2=O)cc1. The second-order valence-electron chi connectivity index (χ2n) is 10.1. The molecule has 0 fully saturated rings. The van der Waals surface area contributed by atoms with Gasteiger partial charge in [0.2, 0.25) is 0 Å². The van der Waals surface area contributed by atoms with Crippen molar-refractivity contribution in [3.8, 4) is 11.4 Å². The first-order valence-electron chi connectivity index (χ1n) is 13.7. The maximum atomic E-state index is 13.9. The number of carbonyl (C=O) groups is 1. The summed E-state index contributed by atoms with van der Waals surface area (Å²) in [5.41, 5.74) is 2.98. The average molecular weight is 527 g/mol. The molecule has 4 aromatic rings. The molecule has 1 aromatic heterocycles. The van der Waals surface area contributed by atoms with E-state index in [4.69, 9.17) is 9.72 Å². The summed E-state index contributed by atoms with van der Waals surface area (Å²) in [6, 6.07) is 22.0. The van der Waals surface area contributed by atoms with Crippen LogP contribution in [0.4, 0.5) is 10.5 Å². The third-order valence-electron chi connectivity index (χ3n) is 7.02. The maximum absolute atomic E-state index is 13.9. The van der Waals surface area contributed by atoms with Crippen LogP contribution in [0.2, 0.25) is 0 Å². The maximum Gasteiger partial charge on any atom is 0.322 e. The van der Waals surface area contributed by atoms with Crippen molar-refractivity contribution >= 4 is 22.6 Å². The van der Waals surface area contributed by atoms with Crippen molar-refractivity contribution in [3.63, 3.8) is 0 Å². The van der Waals surface area contributed by atoms with Crippen LogP contribution in [-0.4, -0.2) is 34.1 Å². The lowest BCUT2D eigenvalue weighted by Crippen LogP contribution is -2.41. The van der Waals surface area contributed by atoms with E-state index in [-0.39, 0.29) is 11.6 Å². The Bertz CT molecular complexity index is 1480. The number of anilines is 1. The van der Waals surface area contributed by atoms with E-state index in [1.807, 2.05) is 73.7 Å². The van der Waals surface area contributed by atoms with Crippen LogP contribution < -0.4 is 15.6 Å². The Hall–Kier alpha value is -4.13. The van der Waals surface area contributed by atoms with Gasteiger partial charge in [0.15, 0.2) is 0 Å². The highest BCUT2D eigenvalue weighted by Gasteiger charge is 2.29. The standard InChI is InChI=1S/C32H38N4O3/c1-6-23-16-18-24(19-17-23)36-30(33-26-13-9-8-12-25(26)31(36)37)28(7-2)35(21-20-22(3)4)32(38)34-27-14-10-11-15-29(27)39-5/h8-19,22,28H,6-7,20-21H2,1-5H3,(H,34,38). The summed E-state index contributed by atoms with van der Waals surface area (Å²) in [5, 5.41) is 3.59. The van der Waals surface area contributed by atoms with Crippen LogP contribution in [0.5, 0.6) is 5.75 Å². The number of carbonyl (C=O) groups excluding carboxylic acids is 1. The molecule has 0 bridgehead atoms. The normalized spacial score (nSPS) is 11.9. The molecule has 0 aliphatic heterocycles. The van der Waals surface area contributed by atoms with E-state index >= 15 is 0 Å². The molecule has 4 rings (SSSR count). The van der Waals surface area contributed by atoms with E-state index in [0.29, 0.717) is 47.0 Å². The highest BCUT2D eigenvalue weighted by molar-refractivity contribution is 5.91. The molecule has 1 heterocycles. The van der Waals surface area contributed by atoms with Crippen LogP contribution in [-0.2, 0) is 6.42 Å². The van der Waals surface area contributed by atoms with Crippen LogP contribution >= 0.6 is 0 Å².